The molecule has 1 unspecified atom stereocenters. The van der Waals surface area contributed by atoms with Crippen molar-refractivity contribution in [3.8, 4) is 0 Å². The van der Waals surface area contributed by atoms with Gasteiger partial charge < -0.3 is 10.0 Å². The maximum atomic E-state index is 12.6. The van der Waals surface area contributed by atoms with E-state index in [0.717, 1.165) is 16.6 Å². The van der Waals surface area contributed by atoms with E-state index in [1.807, 2.05) is 31.2 Å². The summed E-state index contributed by atoms with van der Waals surface area (Å²) in [7, 11) is 0. The summed E-state index contributed by atoms with van der Waals surface area (Å²) >= 11 is 0. The molecule has 0 bridgehead atoms. The largest absolute Gasteiger partial charge is 0.481 e. The first-order chi connectivity index (χ1) is 10.4. The summed E-state index contributed by atoms with van der Waals surface area (Å²) in [5, 5.41) is 10.2. The Hall–Kier alpha value is -2.43. The van der Waals surface area contributed by atoms with Crippen molar-refractivity contribution in [2.75, 3.05) is 13.1 Å². The molecule has 114 valence electrons. The van der Waals surface area contributed by atoms with Crippen molar-refractivity contribution in [1.29, 1.82) is 0 Å². The maximum Gasteiger partial charge on any atom is 0.311 e. The lowest BCUT2D eigenvalue weighted by molar-refractivity contribution is -0.147. The van der Waals surface area contributed by atoms with Crippen LogP contribution in [-0.4, -0.2) is 40.0 Å². The third-order valence-corrected chi connectivity index (χ3v) is 4.35. The van der Waals surface area contributed by atoms with Gasteiger partial charge in [-0.05, 0) is 44.5 Å². The molecule has 5 nitrogen and oxygen atoms in total. The first kappa shape index (κ1) is 14.5. The van der Waals surface area contributed by atoms with E-state index in [1.54, 1.807) is 17.9 Å². The van der Waals surface area contributed by atoms with Gasteiger partial charge in [0.05, 0.1) is 10.9 Å². The minimum absolute atomic E-state index is 0.118. The number of benzene rings is 1. The van der Waals surface area contributed by atoms with Gasteiger partial charge in [-0.25, -0.2) is 0 Å². The van der Waals surface area contributed by atoms with E-state index < -0.39 is 11.4 Å². The lowest BCUT2D eigenvalue weighted by Crippen LogP contribution is -2.34. The molecule has 1 aliphatic rings. The van der Waals surface area contributed by atoms with Crippen LogP contribution >= 0.6 is 0 Å². The molecule has 2 aromatic rings. The monoisotopic (exact) mass is 298 g/mol. The molecule has 0 aliphatic carbocycles. The minimum atomic E-state index is -0.846. The summed E-state index contributed by atoms with van der Waals surface area (Å²) in [4.78, 5) is 29.9. The van der Waals surface area contributed by atoms with Crippen molar-refractivity contribution in [1.82, 2.24) is 9.88 Å². The van der Waals surface area contributed by atoms with Gasteiger partial charge in [0.2, 0.25) is 0 Å². The van der Waals surface area contributed by atoms with Gasteiger partial charge in [-0.1, -0.05) is 6.07 Å². The second kappa shape index (κ2) is 5.09. The number of hydrogen-bond donors (Lipinski definition) is 1. The number of carboxylic acid groups (broad SMARTS) is 1. The average molecular weight is 298 g/mol. The predicted octanol–water partition coefficient (Wildman–Crippen LogP) is 2.48. The summed E-state index contributed by atoms with van der Waals surface area (Å²) in [5.41, 5.74) is 1.52. The molecular weight excluding hydrogens is 280 g/mol. The zero-order valence-corrected chi connectivity index (χ0v) is 12.7. The van der Waals surface area contributed by atoms with Crippen molar-refractivity contribution in [3.63, 3.8) is 0 Å². The fraction of sp³-hybridized carbons (Fsp3) is 0.353. The van der Waals surface area contributed by atoms with E-state index in [-0.39, 0.29) is 12.5 Å². The van der Waals surface area contributed by atoms with Crippen molar-refractivity contribution in [2.45, 2.75) is 20.3 Å². The molecular formula is C17H18N2O3. The molecule has 1 N–H and O–H groups in total. The molecule has 1 aromatic heterocycles. The lowest BCUT2D eigenvalue weighted by atomic mass is 9.90. The Labute approximate surface area is 128 Å². The highest BCUT2D eigenvalue weighted by molar-refractivity contribution is 5.98. The Morgan fingerprint density at radius 1 is 1.27 bits per heavy atom. The molecule has 1 saturated heterocycles. The molecule has 2 heterocycles. The van der Waals surface area contributed by atoms with Gasteiger partial charge in [0, 0.05) is 29.7 Å². The Morgan fingerprint density at radius 3 is 2.73 bits per heavy atom. The summed E-state index contributed by atoms with van der Waals surface area (Å²) in [6.07, 6.45) is 0.488. The zero-order valence-electron chi connectivity index (χ0n) is 12.7. The zero-order chi connectivity index (χ0) is 15.9. The fourth-order valence-corrected chi connectivity index (χ4v) is 2.85. The van der Waals surface area contributed by atoms with Gasteiger partial charge in [-0.2, -0.15) is 0 Å². The van der Waals surface area contributed by atoms with Crippen LogP contribution < -0.4 is 0 Å². The Kier molecular flexibility index (Phi) is 3.35. The van der Waals surface area contributed by atoms with Crippen molar-refractivity contribution in [2.24, 2.45) is 5.41 Å². The normalized spacial score (nSPS) is 21.3. The smallest absolute Gasteiger partial charge is 0.311 e. The first-order valence-electron chi connectivity index (χ1n) is 7.29. The number of likely N-dealkylation sites (tertiary alicyclic amines) is 1. The van der Waals surface area contributed by atoms with Gasteiger partial charge in [0.1, 0.15) is 0 Å². The number of carboxylic acids is 1. The molecule has 0 spiro atoms. The molecule has 0 saturated carbocycles. The second-order valence-corrected chi connectivity index (χ2v) is 6.20. The summed E-state index contributed by atoms with van der Waals surface area (Å²) in [6, 6.07) is 9.27. The number of nitrogens with zero attached hydrogens (tertiary/aromatic N) is 2. The highest BCUT2D eigenvalue weighted by Gasteiger charge is 2.42. The van der Waals surface area contributed by atoms with Crippen LogP contribution in [0, 0.1) is 12.3 Å². The topological polar surface area (TPSA) is 70.5 Å². The molecule has 3 rings (SSSR count). The number of amides is 1. The second-order valence-electron chi connectivity index (χ2n) is 6.20. The van der Waals surface area contributed by atoms with Gasteiger partial charge in [-0.15, -0.1) is 0 Å². The minimum Gasteiger partial charge on any atom is -0.481 e. The first-order valence-corrected chi connectivity index (χ1v) is 7.29. The maximum absolute atomic E-state index is 12.6. The van der Waals surface area contributed by atoms with Gasteiger partial charge in [0.25, 0.3) is 5.91 Å². The van der Waals surface area contributed by atoms with Crippen LogP contribution in [0.15, 0.2) is 30.3 Å². The van der Waals surface area contributed by atoms with E-state index in [1.165, 1.54) is 0 Å². The van der Waals surface area contributed by atoms with E-state index in [4.69, 9.17) is 0 Å². The fourth-order valence-electron chi connectivity index (χ4n) is 2.85. The number of pyridine rings is 1. The number of aryl methyl sites for hydroxylation is 1. The van der Waals surface area contributed by atoms with Crippen molar-refractivity contribution < 1.29 is 14.7 Å². The SMILES string of the molecule is Cc1ccc2cc(C(=O)N3CCC(C)(C(=O)O)C3)ccc2n1. The predicted molar refractivity (Wildman–Crippen MR) is 82.7 cm³/mol. The third-order valence-electron chi connectivity index (χ3n) is 4.35. The molecule has 1 amide bonds. The van der Waals surface area contributed by atoms with Crippen molar-refractivity contribution in [3.05, 3.63) is 41.6 Å². The van der Waals surface area contributed by atoms with E-state index >= 15 is 0 Å². The standard InChI is InChI=1S/C17H18N2O3/c1-11-3-4-12-9-13(5-6-14(12)18-11)15(20)19-8-7-17(2,10-19)16(21)22/h3-6,9H,7-8,10H2,1-2H3,(H,21,22). The van der Waals surface area contributed by atoms with Crippen molar-refractivity contribution >= 4 is 22.8 Å². The van der Waals surface area contributed by atoms with E-state index in [2.05, 4.69) is 4.98 Å². The number of hydrogen-bond acceptors (Lipinski definition) is 3. The summed E-state index contributed by atoms with van der Waals surface area (Å²) in [6.45, 7) is 4.35. The van der Waals surface area contributed by atoms with E-state index in [0.29, 0.717) is 18.5 Å². The van der Waals surface area contributed by atoms with Gasteiger partial charge in [0.15, 0.2) is 0 Å². The van der Waals surface area contributed by atoms with Crippen LogP contribution in [0.5, 0.6) is 0 Å². The molecule has 1 atom stereocenters. The number of rotatable bonds is 2. The number of carbonyl (C=O) groups excluding carboxylic acids is 1. The molecule has 5 heteroatoms. The number of carbonyl (C=O) groups is 2. The van der Waals surface area contributed by atoms with Crippen LogP contribution in [0.4, 0.5) is 0 Å². The van der Waals surface area contributed by atoms with Crippen LogP contribution in [0.2, 0.25) is 0 Å². The number of fused-ring (bicyclic) bond motifs is 1. The number of aliphatic carboxylic acids is 1. The molecule has 1 fully saturated rings. The Morgan fingerprint density at radius 2 is 2.05 bits per heavy atom. The van der Waals surface area contributed by atoms with Gasteiger partial charge in [-0.3, -0.25) is 14.6 Å². The lowest BCUT2D eigenvalue weighted by Gasteiger charge is -2.20. The van der Waals surface area contributed by atoms with E-state index in [9.17, 15) is 14.7 Å². The summed E-state index contributed by atoms with van der Waals surface area (Å²) < 4.78 is 0. The van der Waals surface area contributed by atoms with Gasteiger partial charge >= 0.3 is 5.97 Å². The van der Waals surface area contributed by atoms with Crippen LogP contribution in [-0.2, 0) is 4.79 Å². The summed E-state index contributed by atoms with van der Waals surface area (Å²) in [5.74, 6) is -0.964. The third kappa shape index (κ3) is 2.43. The van der Waals surface area contributed by atoms with Crippen LogP contribution in [0.1, 0.15) is 29.4 Å². The average Bonchev–Trinajstić information content (AvgIpc) is 2.90. The highest BCUT2D eigenvalue weighted by atomic mass is 16.4. The highest BCUT2D eigenvalue weighted by Crippen LogP contribution is 2.31. The molecule has 1 aromatic carbocycles. The van der Waals surface area contributed by atoms with Crippen LogP contribution in [0.3, 0.4) is 0 Å². The number of aromatic nitrogens is 1. The Bertz CT molecular complexity index is 772. The Balaban J connectivity index is 1.87. The van der Waals surface area contributed by atoms with Crippen LogP contribution in [0.25, 0.3) is 10.9 Å². The molecule has 22 heavy (non-hydrogen) atoms. The quantitative estimate of drug-likeness (QED) is 0.924. The molecule has 1 aliphatic heterocycles. The molecule has 0 radical (unpaired) electrons.